The van der Waals surface area contributed by atoms with Crippen LogP contribution in [0.25, 0.3) is 5.32 Å². The summed E-state index contributed by atoms with van der Waals surface area (Å²) in [5, 5.41) is 17.0. The van der Waals surface area contributed by atoms with Crippen LogP contribution in [0.1, 0.15) is 17.5 Å². The first kappa shape index (κ1) is 26.8. The number of carbonyl (C=O) groups is 1. The number of rotatable bonds is 11. The van der Waals surface area contributed by atoms with Gasteiger partial charge in [0.15, 0.2) is 0 Å². The molecular formula is C18H20F4N3O3W-. The number of benzene rings is 1. The second-order valence-corrected chi connectivity index (χ2v) is 5.53. The summed E-state index contributed by atoms with van der Waals surface area (Å²) in [4.78, 5) is 11.3. The maximum Gasteiger partial charge on any atom is 0.416 e. The van der Waals surface area contributed by atoms with Crippen molar-refractivity contribution < 1.29 is 53.4 Å². The van der Waals surface area contributed by atoms with E-state index in [-0.39, 0.29) is 40.8 Å². The number of alkyl halides is 3. The number of carbonyl (C=O) groups excluding carboxylic acids is 1. The van der Waals surface area contributed by atoms with Crippen LogP contribution < -0.4 is 5.32 Å². The fourth-order valence-corrected chi connectivity index (χ4v) is 1.99. The standard InChI is InChI=1S/C18H21F4N3O3.W/c1-2-17(26)24-11-16(7-8-23-9-15(19)10-25-27)28-12-13-3-5-14(6-4-13)18(20,21)22;/h2-6,9-10,16H,1,7-8,11-12H2,(H3,23,24,25,26,27);/p-1. The number of hydrogen-bond acceptors (Lipinski definition) is 4. The minimum absolute atomic E-state index is 0. The number of allylic oxidation sites excluding steroid dienone is 1. The molecule has 0 saturated heterocycles. The first-order valence-corrected chi connectivity index (χ1v) is 8.14. The van der Waals surface area contributed by atoms with E-state index < -0.39 is 29.6 Å². The Balaban J connectivity index is 0.00000784. The van der Waals surface area contributed by atoms with Crippen LogP contribution in [0.4, 0.5) is 17.6 Å². The Hall–Kier alpha value is -2.19. The van der Waals surface area contributed by atoms with E-state index in [1.807, 2.05) is 0 Å². The summed E-state index contributed by atoms with van der Waals surface area (Å²) >= 11 is 0. The third-order valence-corrected chi connectivity index (χ3v) is 3.43. The van der Waals surface area contributed by atoms with Gasteiger partial charge in [-0.3, -0.25) is 4.79 Å². The van der Waals surface area contributed by atoms with Crippen molar-refractivity contribution in [3.63, 3.8) is 0 Å². The zero-order chi connectivity index (χ0) is 21.0. The molecule has 29 heavy (non-hydrogen) atoms. The summed E-state index contributed by atoms with van der Waals surface area (Å²) in [6, 6.07) is 4.52. The van der Waals surface area contributed by atoms with E-state index in [1.165, 1.54) is 12.1 Å². The second kappa shape index (κ2) is 13.9. The van der Waals surface area contributed by atoms with Crippen LogP contribution in [0.3, 0.4) is 0 Å². The van der Waals surface area contributed by atoms with Crippen molar-refractivity contribution in [2.45, 2.75) is 25.3 Å². The summed E-state index contributed by atoms with van der Waals surface area (Å²) in [5.41, 5.74) is -0.236. The van der Waals surface area contributed by atoms with Crippen LogP contribution in [0, 0.1) is 0 Å². The molecule has 0 aromatic heterocycles. The van der Waals surface area contributed by atoms with E-state index in [4.69, 9.17) is 9.94 Å². The molecule has 0 aliphatic rings. The predicted octanol–water partition coefficient (Wildman–Crippen LogP) is 3.93. The van der Waals surface area contributed by atoms with Gasteiger partial charge in [0.1, 0.15) is 5.83 Å². The molecule has 2 N–H and O–H groups in total. The van der Waals surface area contributed by atoms with E-state index in [2.05, 4.69) is 22.4 Å². The number of nitrogens with zero attached hydrogens (tertiary/aromatic N) is 2. The van der Waals surface area contributed by atoms with E-state index in [0.717, 1.165) is 24.4 Å². The Labute approximate surface area is 180 Å². The molecule has 11 heteroatoms. The Morgan fingerprint density at radius 3 is 2.55 bits per heavy atom. The third kappa shape index (κ3) is 11.4. The van der Waals surface area contributed by atoms with Crippen molar-refractivity contribution in [2.24, 2.45) is 5.16 Å². The Morgan fingerprint density at radius 2 is 2.00 bits per heavy atom. The molecule has 1 rings (SSSR count). The van der Waals surface area contributed by atoms with Crippen LogP contribution in [0.2, 0.25) is 0 Å². The summed E-state index contributed by atoms with van der Waals surface area (Å²) < 4.78 is 56.4. The van der Waals surface area contributed by atoms with Crippen molar-refractivity contribution in [3.05, 3.63) is 65.4 Å². The predicted molar refractivity (Wildman–Crippen MR) is 95.5 cm³/mol. The molecule has 160 valence electrons. The Bertz CT molecular complexity index is 695. The van der Waals surface area contributed by atoms with Crippen molar-refractivity contribution in [3.8, 4) is 0 Å². The molecule has 0 aliphatic carbocycles. The van der Waals surface area contributed by atoms with E-state index in [9.17, 15) is 22.4 Å². The van der Waals surface area contributed by atoms with Gasteiger partial charge in [0, 0.05) is 27.6 Å². The van der Waals surface area contributed by atoms with Crippen molar-refractivity contribution >= 4 is 12.1 Å². The van der Waals surface area contributed by atoms with E-state index >= 15 is 0 Å². The smallest absolute Gasteiger partial charge is 0.416 e. The maximum absolute atomic E-state index is 13.0. The maximum atomic E-state index is 13.0. The van der Waals surface area contributed by atoms with Gasteiger partial charge < -0.3 is 20.6 Å². The van der Waals surface area contributed by atoms with Crippen LogP contribution in [0.15, 0.2) is 54.1 Å². The molecule has 1 unspecified atom stereocenters. The summed E-state index contributed by atoms with van der Waals surface area (Å²) in [5.74, 6) is -1.25. The largest absolute Gasteiger partial charge is 0.688 e. The van der Waals surface area contributed by atoms with Gasteiger partial charge in [-0.25, -0.2) is 4.39 Å². The van der Waals surface area contributed by atoms with Crippen LogP contribution in [-0.2, 0) is 43.4 Å². The molecular weight excluding hydrogens is 566 g/mol. The monoisotopic (exact) mass is 586 g/mol. The van der Waals surface area contributed by atoms with Gasteiger partial charge in [0.25, 0.3) is 0 Å². The molecule has 1 aromatic carbocycles. The molecule has 0 aliphatic heterocycles. The van der Waals surface area contributed by atoms with Gasteiger partial charge in [-0.05, 0) is 30.2 Å². The zero-order valence-electron chi connectivity index (χ0n) is 15.2. The fraction of sp³-hybridized carbons (Fsp3) is 0.333. The third-order valence-electron chi connectivity index (χ3n) is 3.43. The van der Waals surface area contributed by atoms with Gasteiger partial charge in [0.05, 0.1) is 24.5 Å². The Morgan fingerprint density at radius 1 is 1.34 bits per heavy atom. The first-order chi connectivity index (χ1) is 13.3. The summed E-state index contributed by atoms with van der Waals surface area (Å²) in [6.07, 6.45) is -2.09. The van der Waals surface area contributed by atoms with Gasteiger partial charge in [-0.2, -0.15) is 13.2 Å². The molecule has 6 nitrogen and oxygen atoms in total. The normalized spacial score (nSPS) is 12.9. The number of oxime groups is 1. The SMILES string of the molecule is C=CC(=O)NCC(CC[N-]/C=C(F)\C=N/O)OCc1ccc(C(F)(F)F)cc1.[W]. The Kier molecular flexibility index (Phi) is 12.8. The average molecular weight is 586 g/mol. The molecule has 0 radical (unpaired) electrons. The number of amides is 1. The molecule has 1 aromatic rings. The average Bonchev–Trinajstić information content (AvgIpc) is 2.66. The number of nitrogens with one attached hydrogen (secondary N) is 1. The van der Waals surface area contributed by atoms with Gasteiger partial charge in [-0.1, -0.05) is 23.9 Å². The number of halogens is 4. The summed E-state index contributed by atoms with van der Waals surface area (Å²) in [6.45, 7) is 3.61. The molecule has 1 atom stereocenters. The van der Waals surface area contributed by atoms with Gasteiger partial charge >= 0.3 is 6.18 Å². The first-order valence-electron chi connectivity index (χ1n) is 8.14. The van der Waals surface area contributed by atoms with E-state index in [0.29, 0.717) is 18.2 Å². The molecule has 0 heterocycles. The topological polar surface area (TPSA) is 85.0 Å². The summed E-state index contributed by atoms with van der Waals surface area (Å²) in [7, 11) is 0. The quantitative estimate of drug-likeness (QED) is 0.103. The van der Waals surface area contributed by atoms with Gasteiger partial charge in [0.2, 0.25) is 5.91 Å². The fourth-order valence-electron chi connectivity index (χ4n) is 1.99. The molecule has 0 fully saturated rings. The molecule has 1 amide bonds. The molecule has 0 saturated carbocycles. The van der Waals surface area contributed by atoms with Crippen molar-refractivity contribution in [2.75, 3.05) is 13.1 Å². The molecule has 0 spiro atoms. The minimum atomic E-state index is -4.41. The van der Waals surface area contributed by atoms with Crippen molar-refractivity contribution in [1.82, 2.24) is 5.32 Å². The van der Waals surface area contributed by atoms with Crippen LogP contribution in [0.5, 0.6) is 0 Å². The van der Waals surface area contributed by atoms with Crippen LogP contribution in [-0.4, -0.2) is 36.5 Å². The van der Waals surface area contributed by atoms with Crippen LogP contribution >= 0.6 is 0 Å². The van der Waals surface area contributed by atoms with E-state index in [1.54, 1.807) is 0 Å². The second-order valence-electron chi connectivity index (χ2n) is 5.53. The zero-order valence-corrected chi connectivity index (χ0v) is 18.2. The molecule has 0 bridgehead atoms. The van der Waals surface area contributed by atoms with Gasteiger partial charge in [-0.15, -0.1) is 12.7 Å². The number of ether oxygens (including phenoxy) is 1. The minimum Gasteiger partial charge on any atom is -0.688 e. The van der Waals surface area contributed by atoms with Crippen molar-refractivity contribution in [1.29, 1.82) is 0 Å². The number of hydrogen-bond donors (Lipinski definition) is 2.